The van der Waals surface area contributed by atoms with Crippen LogP contribution in [-0.2, 0) is 10.5 Å². The van der Waals surface area contributed by atoms with Gasteiger partial charge in [-0.05, 0) is 29.8 Å². The highest BCUT2D eigenvalue weighted by Gasteiger charge is 2.21. The first-order valence-corrected chi connectivity index (χ1v) is 8.89. The SMILES string of the molecule is O=C(c1ccc(CSc2ccccn2)cc1)N1CCOCC(O)C1. The van der Waals surface area contributed by atoms with E-state index in [2.05, 4.69) is 4.98 Å². The van der Waals surface area contributed by atoms with Crippen LogP contribution in [0.2, 0.25) is 0 Å². The van der Waals surface area contributed by atoms with Crippen LogP contribution in [0.15, 0.2) is 53.7 Å². The molecule has 0 radical (unpaired) electrons. The fourth-order valence-electron chi connectivity index (χ4n) is 2.49. The van der Waals surface area contributed by atoms with E-state index in [9.17, 15) is 9.90 Å². The molecule has 3 rings (SSSR count). The Bertz CT molecular complexity index is 664. The van der Waals surface area contributed by atoms with Crippen molar-refractivity contribution in [1.29, 1.82) is 0 Å². The van der Waals surface area contributed by atoms with Crippen molar-refractivity contribution in [2.75, 3.05) is 26.3 Å². The Balaban J connectivity index is 1.60. The molecule has 1 atom stereocenters. The first kappa shape index (κ1) is 17.0. The highest BCUT2D eigenvalue weighted by atomic mass is 32.2. The number of hydrogen-bond donors (Lipinski definition) is 1. The quantitative estimate of drug-likeness (QED) is 0.862. The maximum absolute atomic E-state index is 12.5. The predicted molar refractivity (Wildman–Crippen MR) is 93.0 cm³/mol. The highest BCUT2D eigenvalue weighted by Crippen LogP contribution is 2.20. The Morgan fingerprint density at radius 3 is 2.88 bits per heavy atom. The second-order valence-corrected chi connectivity index (χ2v) is 6.63. The first-order chi connectivity index (χ1) is 11.7. The van der Waals surface area contributed by atoms with Crippen LogP contribution in [0.1, 0.15) is 15.9 Å². The van der Waals surface area contributed by atoms with Crippen molar-refractivity contribution in [2.45, 2.75) is 16.9 Å². The summed E-state index contributed by atoms with van der Waals surface area (Å²) in [6.07, 6.45) is 1.16. The van der Waals surface area contributed by atoms with Crippen LogP contribution < -0.4 is 0 Å². The summed E-state index contributed by atoms with van der Waals surface area (Å²) in [5.41, 5.74) is 1.78. The molecular formula is C18H20N2O3S. The third-order valence-electron chi connectivity index (χ3n) is 3.76. The zero-order chi connectivity index (χ0) is 16.8. The van der Waals surface area contributed by atoms with E-state index in [0.29, 0.717) is 25.3 Å². The van der Waals surface area contributed by atoms with Crippen molar-refractivity contribution in [3.05, 3.63) is 59.8 Å². The van der Waals surface area contributed by atoms with Gasteiger partial charge in [0.2, 0.25) is 0 Å². The summed E-state index contributed by atoms with van der Waals surface area (Å²) in [6.45, 7) is 1.57. The van der Waals surface area contributed by atoms with E-state index < -0.39 is 6.10 Å². The minimum absolute atomic E-state index is 0.0662. The second kappa shape index (κ2) is 8.28. The third kappa shape index (κ3) is 4.56. The number of carbonyl (C=O) groups is 1. The summed E-state index contributed by atoms with van der Waals surface area (Å²) in [5, 5.41) is 10.7. The number of aliphatic hydroxyl groups excluding tert-OH is 1. The van der Waals surface area contributed by atoms with Crippen LogP contribution in [-0.4, -0.2) is 53.3 Å². The van der Waals surface area contributed by atoms with E-state index >= 15 is 0 Å². The summed E-state index contributed by atoms with van der Waals surface area (Å²) in [7, 11) is 0. The summed E-state index contributed by atoms with van der Waals surface area (Å²) < 4.78 is 5.26. The lowest BCUT2D eigenvalue weighted by Gasteiger charge is -2.21. The normalized spacial score (nSPS) is 18.2. The molecule has 0 spiro atoms. The van der Waals surface area contributed by atoms with Gasteiger partial charge in [-0.15, -0.1) is 11.8 Å². The van der Waals surface area contributed by atoms with Gasteiger partial charge in [-0.1, -0.05) is 18.2 Å². The predicted octanol–water partition coefficient (Wildman–Crippen LogP) is 2.21. The molecule has 1 aromatic heterocycles. The number of amides is 1. The number of nitrogens with zero attached hydrogens (tertiary/aromatic N) is 2. The minimum Gasteiger partial charge on any atom is -0.389 e. The number of aliphatic hydroxyl groups is 1. The van der Waals surface area contributed by atoms with Gasteiger partial charge in [0.05, 0.1) is 24.3 Å². The van der Waals surface area contributed by atoms with Crippen LogP contribution in [0, 0.1) is 0 Å². The van der Waals surface area contributed by atoms with Crippen molar-refractivity contribution in [3.63, 3.8) is 0 Å². The molecule has 1 aromatic carbocycles. The topological polar surface area (TPSA) is 62.7 Å². The van der Waals surface area contributed by atoms with Crippen molar-refractivity contribution < 1.29 is 14.6 Å². The van der Waals surface area contributed by atoms with E-state index in [-0.39, 0.29) is 12.5 Å². The lowest BCUT2D eigenvalue weighted by Crippen LogP contribution is -2.37. The average molecular weight is 344 g/mol. The molecule has 1 amide bonds. The molecule has 0 saturated carbocycles. The van der Waals surface area contributed by atoms with E-state index in [4.69, 9.17) is 4.74 Å². The van der Waals surface area contributed by atoms with E-state index in [0.717, 1.165) is 16.3 Å². The van der Waals surface area contributed by atoms with Crippen LogP contribution >= 0.6 is 11.8 Å². The Kier molecular flexibility index (Phi) is 5.85. The maximum Gasteiger partial charge on any atom is 0.254 e. The Labute approximate surface area is 145 Å². The van der Waals surface area contributed by atoms with Gasteiger partial charge >= 0.3 is 0 Å². The molecule has 1 N–H and O–H groups in total. The molecule has 1 saturated heterocycles. The highest BCUT2D eigenvalue weighted by molar-refractivity contribution is 7.98. The minimum atomic E-state index is -0.620. The first-order valence-electron chi connectivity index (χ1n) is 7.90. The average Bonchev–Trinajstić information content (AvgIpc) is 2.85. The van der Waals surface area contributed by atoms with E-state index in [1.165, 1.54) is 0 Å². The molecule has 2 aromatic rings. The monoisotopic (exact) mass is 344 g/mol. The molecule has 5 nitrogen and oxygen atoms in total. The fraction of sp³-hybridized carbons (Fsp3) is 0.333. The molecule has 1 aliphatic rings. The molecule has 126 valence electrons. The third-order valence-corrected chi connectivity index (χ3v) is 4.77. The molecular weight excluding hydrogens is 324 g/mol. The van der Waals surface area contributed by atoms with Gasteiger partial charge in [-0.25, -0.2) is 4.98 Å². The molecule has 1 aliphatic heterocycles. The van der Waals surface area contributed by atoms with Gasteiger partial charge in [-0.3, -0.25) is 4.79 Å². The number of benzene rings is 1. The van der Waals surface area contributed by atoms with Gasteiger partial charge in [0.25, 0.3) is 5.91 Å². The van der Waals surface area contributed by atoms with Crippen LogP contribution in [0.5, 0.6) is 0 Å². The van der Waals surface area contributed by atoms with E-state index in [1.807, 2.05) is 42.5 Å². The van der Waals surface area contributed by atoms with Gasteiger partial charge in [-0.2, -0.15) is 0 Å². The Morgan fingerprint density at radius 1 is 1.29 bits per heavy atom. The van der Waals surface area contributed by atoms with Crippen molar-refractivity contribution in [1.82, 2.24) is 9.88 Å². The summed E-state index contributed by atoms with van der Waals surface area (Å²) in [5.74, 6) is 0.741. The van der Waals surface area contributed by atoms with Crippen molar-refractivity contribution in [2.24, 2.45) is 0 Å². The number of pyridine rings is 1. The van der Waals surface area contributed by atoms with Gasteiger partial charge in [0, 0.05) is 30.6 Å². The van der Waals surface area contributed by atoms with Gasteiger partial charge in [0.1, 0.15) is 0 Å². The number of ether oxygens (including phenoxy) is 1. The summed E-state index contributed by atoms with van der Waals surface area (Å²) in [4.78, 5) is 18.5. The lowest BCUT2D eigenvalue weighted by atomic mass is 10.1. The van der Waals surface area contributed by atoms with Crippen LogP contribution in [0.25, 0.3) is 0 Å². The number of hydrogen-bond acceptors (Lipinski definition) is 5. The second-order valence-electron chi connectivity index (χ2n) is 5.63. The number of carbonyl (C=O) groups excluding carboxylic acids is 1. The number of rotatable bonds is 4. The largest absolute Gasteiger partial charge is 0.389 e. The molecule has 0 bridgehead atoms. The van der Waals surface area contributed by atoms with Crippen molar-refractivity contribution in [3.8, 4) is 0 Å². The maximum atomic E-state index is 12.5. The lowest BCUT2D eigenvalue weighted by molar-refractivity contribution is 0.0534. The molecule has 1 unspecified atom stereocenters. The Hall–Kier alpha value is -1.89. The summed E-state index contributed by atoms with van der Waals surface area (Å²) in [6, 6.07) is 13.5. The molecule has 6 heteroatoms. The molecule has 24 heavy (non-hydrogen) atoms. The van der Waals surface area contributed by atoms with Crippen LogP contribution in [0.3, 0.4) is 0 Å². The van der Waals surface area contributed by atoms with E-state index in [1.54, 1.807) is 22.9 Å². The summed E-state index contributed by atoms with van der Waals surface area (Å²) >= 11 is 1.66. The standard InChI is InChI=1S/C18H20N2O3S/c21-16-11-20(9-10-23-12-16)18(22)15-6-4-14(5-7-15)13-24-17-3-1-2-8-19-17/h1-8,16,21H,9-13H2. The molecule has 0 aliphatic carbocycles. The smallest absolute Gasteiger partial charge is 0.254 e. The van der Waals surface area contributed by atoms with Crippen LogP contribution in [0.4, 0.5) is 0 Å². The zero-order valence-corrected chi connectivity index (χ0v) is 14.1. The number of β-amino-alcohol motifs (C(OH)–C–C–N with tert-alkyl or cyclic N) is 1. The molecule has 2 heterocycles. The van der Waals surface area contributed by atoms with Crippen molar-refractivity contribution >= 4 is 17.7 Å². The molecule has 1 fully saturated rings. The van der Waals surface area contributed by atoms with Gasteiger partial charge in [0.15, 0.2) is 0 Å². The van der Waals surface area contributed by atoms with Gasteiger partial charge < -0.3 is 14.7 Å². The fourth-order valence-corrected chi connectivity index (χ4v) is 3.31. The number of thioether (sulfide) groups is 1. The zero-order valence-electron chi connectivity index (χ0n) is 13.3. The Morgan fingerprint density at radius 2 is 2.12 bits per heavy atom. The number of aromatic nitrogens is 1.